The molecule has 0 aliphatic carbocycles. The Bertz CT molecular complexity index is 586. The van der Waals surface area contributed by atoms with Crippen molar-refractivity contribution in [2.24, 2.45) is 5.84 Å². The fraction of sp³-hybridized carbons (Fsp3) is 0.273. The SMILES string of the molecule is CC(Cc1ccco1)Nc1nc(NN)ncc1[N+](=O)[O-]. The second-order valence-corrected chi connectivity index (χ2v) is 4.16. The normalized spacial score (nSPS) is 11.9. The molecule has 0 aromatic carbocycles. The molecule has 20 heavy (non-hydrogen) atoms. The first-order valence-electron chi connectivity index (χ1n) is 5.87. The van der Waals surface area contributed by atoms with Crippen LogP contribution < -0.4 is 16.6 Å². The van der Waals surface area contributed by atoms with Gasteiger partial charge in [0.05, 0.1) is 11.2 Å². The summed E-state index contributed by atoms with van der Waals surface area (Å²) in [6.45, 7) is 1.86. The van der Waals surface area contributed by atoms with Crippen LogP contribution in [0, 0.1) is 10.1 Å². The van der Waals surface area contributed by atoms with Crippen molar-refractivity contribution in [2.75, 3.05) is 10.7 Å². The summed E-state index contributed by atoms with van der Waals surface area (Å²) < 4.78 is 5.23. The van der Waals surface area contributed by atoms with E-state index in [1.165, 1.54) is 0 Å². The number of hydrazine groups is 1. The van der Waals surface area contributed by atoms with Crippen molar-refractivity contribution in [1.82, 2.24) is 9.97 Å². The van der Waals surface area contributed by atoms with Gasteiger partial charge in [0.1, 0.15) is 12.0 Å². The topological polar surface area (TPSA) is 132 Å². The number of nitrogen functional groups attached to an aromatic ring is 1. The Morgan fingerprint density at radius 2 is 2.40 bits per heavy atom. The van der Waals surface area contributed by atoms with Gasteiger partial charge < -0.3 is 9.73 Å². The minimum Gasteiger partial charge on any atom is -0.469 e. The summed E-state index contributed by atoms with van der Waals surface area (Å²) in [5, 5.41) is 13.9. The van der Waals surface area contributed by atoms with Crippen LogP contribution in [0.1, 0.15) is 12.7 Å². The molecule has 2 aromatic heterocycles. The maximum absolute atomic E-state index is 10.9. The fourth-order valence-electron chi connectivity index (χ4n) is 1.70. The average molecular weight is 278 g/mol. The summed E-state index contributed by atoms with van der Waals surface area (Å²) in [6, 6.07) is 3.51. The minimum atomic E-state index is -0.553. The van der Waals surface area contributed by atoms with Gasteiger partial charge in [0.25, 0.3) is 0 Å². The number of furan rings is 1. The lowest BCUT2D eigenvalue weighted by molar-refractivity contribution is -0.384. The molecule has 9 nitrogen and oxygen atoms in total. The molecule has 2 rings (SSSR count). The monoisotopic (exact) mass is 278 g/mol. The van der Waals surface area contributed by atoms with Crippen molar-refractivity contribution in [3.8, 4) is 0 Å². The van der Waals surface area contributed by atoms with Gasteiger partial charge in [-0.2, -0.15) is 4.98 Å². The number of nitrogens with zero attached hydrogens (tertiary/aromatic N) is 3. The van der Waals surface area contributed by atoms with Crippen LogP contribution in [-0.4, -0.2) is 20.9 Å². The second-order valence-electron chi connectivity index (χ2n) is 4.16. The molecular formula is C11H14N6O3. The van der Waals surface area contributed by atoms with Crippen LogP contribution in [0.25, 0.3) is 0 Å². The molecule has 0 aliphatic rings. The summed E-state index contributed by atoms with van der Waals surface area (Å²) in [7, 11) is 0. The maximum atomic E-state index is 10.9. The van der Waals surface area contributed by atoms with Crippen LogP contribution >= 0.6 is 0 Å². The first kappa shape index (κ1) is 13.7. The highest BCUT2D eigenvalue weighted by atomic mass is 16.6. The molecular weight excluding hydrogens is 264 g/mol. The van der Waals surface area contributed by atoms with Crippen LogP contribution in [0.15, 0.2) is 29.0 Å². The van der Waals surface area contributed by atoms with Crippen molar-refractivity contribution in [3.63, 3.8) is 0 Å². The van der Waals surface area contributed by atoms with Crippen molar-refractivity contribution in [2.45, 2.75) is 19.4 Å². The molecule has 1 unspecified atom stereocenters. The van der Waals surface area contributed by atoms with E-state index in [1.54, 1.807) is 12.3 Å². The first-order chi connectivity index (χ1) is 9.60. The summed E-state index contributed by atoms with van der Waals surface area (Å²) >= 11 is 0. The molecule has 106 valence electrons. The van der Waals surface area contributed by atoms with Crippen molar-refractivity contribution >= 4 is 17.5 Å². The minimum absolute atomic E-state index is 0.100. The molecule has 2 aromatic rings. The zero-order chi connectivity index (χ0) is 14.5. The lowest BCUT2D eigenvalue weighted by Crippen LogP contribution is -2.20. The number of anilines is 2. The largest absolute Gasteiger partial charge is 0.469 e. The third-order valence-corrected chi connectivity index (χ3v) is 2.57. The summed E-state index contributed by atoms with van der Waals surface area (Å²) in [5.41, 5.74) is 2.04. The fourth-order valence-corrected chi connectivity index (χ4v) is 1.70. The van der Waals surface area contributed by atoms with Crippen LogP contribution in [0.5, 0.6) is 0 Å². The zero-order valence-electron chi connectivity index (χ0n) is 10.7. The van der Waals surface area contributed by atoms with Gasteiger partial charge in [0.2, 0.25) is 11.8 Å². The van der Waals surface area contributed by atoms with Crippen molar-refractivity contribution in [1.29, 1.82) is 0 Å². The number of hydrogen-bond donors (Lipinski definition) is 3. The smallest absolute Gasteiger partial charge is 0.329 e. The van der Waals surface area contributed by atoms with Gasteiger partial charge in [0, 0.05) is 12.5 Å². The Morgan fingerprint density at radius 3 is 3.00 bits per heavy atom. The van der Waals surface area contributed by atoms with Crippen LogP contribution in [0.4, 0.5) is 17.5 Å². The van der Waals surface area contributed by atoms with Crippen LogP contribution in [-0.2, 0) is 6.42 Å². The van der Waals surface area contributed by atoms with Gasteiger partial charge in [-0.1, -0.05) is 0 Å². The van der Waals surface area contributed by atoms with Gasteiger partial charge in [0.15, 0.2) is 0 Å². The molecule has 0 bridgehead atoms. The van der Waals surface area contributed by atoms with E-state index in [-0.39, 0.29) is 23.5 Å². The van der Waals surface area contributed by atoms with Gasteiger partial charge >= 0.3 is 5.69 Å². The van der Waals surface area contributed by atoms with Crippen LogP contribution in [0.3, 0.4) is 0 Å². The Hall–Kier alpha value is -2.68. The Kier molecular flexibility index (Phi) is 4.11. The molecule has 0 amide bonds. The lowest BCUT2D eigenvalue weighted by Gasteiger charge is -2.13. The number of hydrogen-bond acceptors (Lipinski definition) is 8. The number of nitro groups is 1. The predicted octanol–water partition coefficient (Wildman–Crippen LogP) is 1.31. The molecule has 0 aliphatic heterocycles. The molecule has 9 heteroatoms. The number of nitrogens with one attached hydrogen (secondary N) is 2. The average Bonchev–Trinajstić information content (AvgIpc) is 2.90. The number of nitrogens with two attached hydrogens (primary N) is 1. The standard InChI is InChI=1S/C11H14N6O3/c1-7(5-8-3-2-4-20-8)14-10-9(17(18)19)6-13-11(15-10)16-12/h2-4,6-7H,5,12H2,1H3,(H2,13,14,15,16). The third-order valence-electron chi connectivity index (χ3n) is 2.57. The number of rotatable bonds is 6. The summed E-state index contributed by atoms with van der Waals surface area (Å²) in [4.78, 5) is 18.0. The van der Waals surface area contributed by atoms with E-state index in [0.717, 1.165) is 12.0 Å². The Labute approximate surface area is 114 Å². The molecule has 1 atom stereocenters. The van der Waals surface area contributed by atoms with Gasteiger partial charge in [-0.3, -0.25) is 15.5 Å². The molecule has 2 heterocycles. The number of aromatic nitrogens is 2. The zero-order valence-corrected chi connectivity index (χ0v) is 10.7. The molecule has 4 N–H and O–H groups in total. The Balaban J connectivity index is 2.16. The van der Waals surface area contributed by atoms with E-state index < -0.39 is 4.92 Å². The van der Waals surface area contributed by atoms with Gasteiger partial charge in [-0.25, -0.2) is 10.8 Å². The summed E-state index contributed by atoms with van der Waals surface area (Å²) in [6.07, 6.45) is 3.25. The highest BCUT2D eigenvalue weighted by Crippen LogP contribution is 2.23. The van der Waals surface area contributed by atoms with E-state index in [0.29, 0.717) is 6.42 Å². The highest BCUT2D eigenvalue weighted by molar-refractivity contribution is 5.57. The lowest BCUT2D eigenvalue weighted by atomic mass is 10.2. The van der Waals surface area contributed by atoms with Crippen LogP contribution in [0.2, 0.25) is 0 Å². The second kappa shape index (κ2) is 5.97. The quantitative estimate of drug-likeness (QED) is 0.409. The predicted molar refractivity (Wildman–Crippen MR) is 72.0 cm³/mol. The highest BCUT2D eigenvalue weighted by Gasteiger charge is 2.19. The van der Waals surface area contributed by atoms with Gasteiger partial charge in [-0.05, 0) is 19.1 Å². The van der Waals surface area contributed by atoms with Crippen molar-refractivity contribution < 1.29 is 9.34 Å². The van der Waals surface area contributed by atoms with E-state index in [1.807, 2.05) is 13.0 Å². The van der Waals surface area contributed by atoms with Gasteiger partial charge in [-0.15, -0.1) is 0 Å². The molecule has 0 radical (unpaired) electrons. The maximum Gasteiger partial charge on any atom is 0.329 e. The Morgan fingerprint density at radius 1 is 1.60 bits per heavy atom. The molecule has 0 spiro atoms. The van der Waals surface area contributed by atoms with E-state index >= 15 is 0 Å². The first-order valence-corrected chi connectivity index (χ1v) is 5.87. The molecule has 0 fully saturated rings. The molecule has 0 saturated carbocycles. The molecule has 0 saturated heterocycles. The van der Waals surface area contributed by atoms with Crippen molar-refractivity contribution in [3.05, 3.63) is 40.5 Å². The third kappa shape index (κ3) is 3.20. The van der Waals surface area contributed by atoms with E-state index in [2.05, 4.69) is 20.7 Å². The summed E-state index contributed by atoms with van der Waals surface area (Å²) in [5.74, 6) is 6.18. The van der Waals surface area contributed by atoms with E-state index in [9.17, 15) is 10.1 Å². The van der Waals surface area contributed by atoms with E-state index in [4.69, 9.17) is 10.3 Å².